The molecule has 0 aromatic rings. The highest BCUT2D eigenvalue weighted by Gasteiger charge is 2.19. The van der Waals surface area contributed by atoms with Crippen LogP contribution in [0.5, 0.6) is 0 Å². The molecule has 1 unspecified atom stereocenters. The minimum atomic E-state index is -0.820. The Kier molecular flexibility index (Phi) is 46.6. The number of hydrogen-bond donors (Lipinski definition) is 0. The number of esters is 3. The fourth-order valence-electron chi connectivity index (χ4n) is 6.35. The second kappa shape index (κ2) is 49.7. The number of unbranched alkanes of at least 4 members (excludes halogenated alkanes) is 16. The molecule has 0 N–H and O–H groups in total. The summed E-state index contributed by atoms with van der Waals surface area (Å²) in [5, 5.41) is 0. The summed E-state index contributed by atoms with van der Waals surface area (Å²) in [7, 11) is 0. The quantitative estimate of drug-likeness (QED) is 0.0200. The SMILES string of the molecule is CC/C=C/C=C/C=C/CCCCCCCC(=O)OCC(COC(=O)CCC/C=C/C/C=C/C/C=C/CCCCCCCC)OC(=O)CCCCCC/C=C/C/C=C/C/C=C/CC. The molecule has 0 amide bonds. The number of rotatable bonds is 43. The van der Waals surface area contributed by atoms with E-state index in [9.17, 15) is 14.4 Å². The Morgan fingerprint density at radius 1 is 0.355 bits per heavy atom. The lowest BCUT2D eigenvalue weighted by Gasteiger charge is -2.18. The first-order valence-electron chi connectivity index (χ1n) is 24.9. The number of carbonyl (C=O) groups excluding carboxylic acids is 3. The third-order valence-electron chi connectivity index (χ3n) is 10.1. The van der Waals surface area contributed by atoms with Gasteiger partial charge < -0.3 is 14.2 Å². The van der Waals surface area contributed by atoms with Crippen LogP contribution in [0.15, 0.2) is 109 Å². The highest BCUT2D eigenvalue weighted by Crippen LogP contribution is 2.12. The van der Waals surface area contributed by atoms with Gasteiger partial charge in [0.1, 0.15) is 13.2 Å². The minimum Gasteiger partial charge on any atom is -0.462 e. The Balaban J connectivity index is 4.54. The fraction of sp³-hybridized carbons (Fsp3) is 0.625. The van der Waals surface area contributed by atoms with Crippen molar-refractivity contribution in [1.82, 2.24) is 0 Å². The first-order chi connectivity index (χ1) is 30.5. The van der Waals surface area contributed by atoms with E-state index in [0.29, 0.717) is 12.8 Å². The maximum atomic E-state index is 12.8. The molecule has 6 nitrogen and oxygen atoms in total. The summed E-state index contributed by atoms with van der Waals surface area (Å²) in [5.74, 6) is -1.02. The molecule has 0 aromatic heterocycles. The van der Waals surface area contributed by atoms with Gasteiger partial charge in [-0.1, -0.05) is 194 Å². The van der Waals surface area contributed by atoms with Crippen LogP contribution in [0.3, 0.4) is 0 Å². The van der Waals surface area contributed by atoms with E-state index >= 15 is 0 Å². The lowest BCUT2D eigenvalue weighted by molar-refractivity contribution is -0.167. The Hall–Kier alpha value is -3.93. The molecule has 0 saturated heterocycles. The average Bonchev–Trinajstić information content (AvgIpc) is 3.27. The molecule has 0 aliphatic carbocycles. The van der Waals surface area contributed by atoms with Gasteiger partial charge in [-0.3, -0.25) is 14.4 Å². The van der Waals surface area contributed by atoms with Crippen molar-refractivity contribution in [2.45, 2.75) is 213 Å². The summed E-state index contributed by atoms with van der Waals surface area (Å²) in [4.78, 5) is 37.9. The second-order valence-corrected chi connectivity index (χ2v) is 16.0. The van der Waals surface area contributed by atoms with Crippen molar-refractivity contribution in [3.05, 3.63) is 109 Å². The molecule has 0 aliphatic heterocycles. The zero-order valence-corrected chi connectivity index (χ0v) is 39.8. The van der Waals surface area contributed by atoms with Crippen molar-refractivity contribution < 1.29 is 28.6 Å². The highest BCUT2D eigenvalue weighted by molar-refractivity contribution is 5.71. The van der Waals surface area contributed by atoms with E-state index in [0.717, 1.165) is 116 Å². The lowest BCUT2D eigenvalue weighted by atomic mass is 10.1. The minimum absolute atomic E-state index is 0.116. The zero-order chi connectivity index (χ0) is 45.1. The summed E-state index contributed by atoms with van der Waals surface area (Å²) >= 11 is 0. The smallest absolute Gasteiger partial charge is 0.306 e. The van der Waals surface area contributed by atoms with Crippen molar-refractivity contribution >= 4 is 17.9 Å². The van der Waals surface area contributed by atoms with Crippen molar-refractivity contribution in [2.24, 2.45) is 0 Å². The van der Waals surface area contributed by atoms with Gasteiger partial charge in [0.25, 0.3) is 0 Å². The molecular formula is C56H90O6. The molecule has 0 bridgehead atoms. The molecule has 0 heterocycles. The number of ether oxygens (including phenoxy) is 3. The monoisotopic (exact) mass is 859 g/mol. The maximum Gasteiger partial charge on any atom is 0.306 e. The third kappa shape index (κ3) is 47.1. The van der Waals surface area contributed by atoms with Crippen LogP contribution in [-0.2, 0) is 28.6 Å². The van der Waals surface area contributed by atoms with Crippen molar-refractivity contribution in [2.75, 3.05) is 13.2 Å². The molecule has 6 heteroatoms. The van der Waals surface area contributed by atoms with E-state index < -0.39 is 6.10 Å². The van der Waals surface area contributed by atoms with Crippen LogP contribution in [0.2, 0.25) is 0 Å². The molecule has 0 aromatic carbocycles. The van der Waals surface area contributed by atoms with E-state index in [-0.39, 0.29) is 44.0 Å². The summed E-state index contributed by atoms with van der Waals surface area (Å²) in [6, 6.07) is 0. The molecule has 62 heavy (non-hydrogen) atoms. The number of hydrogen-bond acceptors (Lipinski definition) is 6. The number of carbonyl (C=O) groups is 3. The standard InChI is InChI=1S/C56H90O6/c1-4-7-10-13-16-19-22-25-27-28-29-32-34-37-40-43-46-49-55(58)61-52-53(51-60-54(57)48-45-42-39-36-33-30-24-21-18-15-12-9-6-3)62-56(59)50-47-44-41-38-35-31-26-23-20-17-14-11-8-5-2/h8-9,11-12,15,17-18,20-21,24-27,29,31-32,37,40,53H,4-7,10,13-14,16,19,22-23,28,30,33-36,38-39,41-52H2,1-3H3/b11-8+,12-9+,18-15+,20-17+,24-21+,27-25+,31-26+,32-29+,40-37+. The van der Waals surface area contributed by atoms with Crippen LogP contribution in [0.1, 0.15) is 207 Å². The van der Waals surface area contributed by atoms with Crippen molar-refractivity contribution in [1.29, 1.82) is 0 Å². The summed E-state index contributed by atoms with van der Waals surface area (Å²) in [6.45, 7) is 6.28. The summed E-state index contributed by atoms with van der Waals surface area (Å²) < 4.78 is 16.7. The Morgan fingerprint density at radius 2 is 0.726 bits per heavy atom. The molecule has 0 spiro atoms. The van der Waals surface area contributed by atoms with Crippen LogP contribution < -0.4 is 0 Å². The Morgan fingerprint density at radius 3 is 1.23 bits per heavy atom. The Bertz CT molecular complexity index is 1310. The van der Waals surface area contributed by atoms with Crippen LogP contribution in [0.25, 0.3) is 0 Å². The zero-order valence-electron chi connectivity index (χ0n) is 39.8. The van der Waals surface area contributed by atoms with Gasteiger partial charge in [0.2, 0.25) is 0 Å². The van der Waals surface area contributed by atoms with E-state index in [1.54, 1.807) is 0 Å². The second-order valence-electron chi connectivity index (χ2n) is 16.0. The normalized spacial score (nSPS) is 13.0. The van der Waals surface area contributed by atoms with Gasteiger partial charge in [-0.25, -0.2) is 0 Å². The Labute approximate surface area is 380 Å². The molecule has 0 rings (SSSR count). The lowest BCUT2D eigenvalue weighted by Crippen LogP contribution is -2.30. The highest BCUT2D eigenvalue weighted by atomic mass is 16.6. The fourth-order valence-corrected chi connectivity index (χ4v) is 6.35. The van der Waals surface area contributed by atoms with E-state index in [1.165, 1.54) is 44.9 Å². The largest absolute Gasteiger partial charge is 0.462 e. The summed E-state index contributed by atoms with van der Waals surface area (Å²) in [6.07, 6.45) is 66.5. The first kappa shape index (κ1) is 58.1. The van der Waals surface area contributed by atoms with Gasteiger partial charge in [-0.2, -0.15) is 0 Å². The topological polar surface area (TPSA) is 78.9 Å². The van der Waals surface area contributed by atoms with Gasteiger partial charge in [0.05, 0.1) is 0 Å². The molecule has 0 aliphatic rings. The number of allylic oxidation sites excluding steroid dienone is 18. The van der Waals surface area contributed by atoms with Gasteiger partial charge in [-0.15, -0.1) is 0 Å². The maximum absolute atomic E-state index is 12.8. The van der Waals surface area contributed by atoms with Crippen LogP contribution in [0.4, 0.5) is 0 Å². The van der Waals surface area contributed by atoms with Crippen molar-refractivity contribution in [3.8, 4) is 0 Å². The van der Waals surface area contributed by atoms with E-state index in [1.807, 2.05) is 6.08 Å². The molecule has 0 saturated carbocycles. The summed E-state index contributed by atoms with van der Waals surface area (Å²) in [5.41, 5.74) is 0. The molecular weight excluding hydrogens is 769 g/mol. The van der Waals surface area contributed by atoms with Gasteiger partial charge in [0.15, 0.2) is 6.10 Å². The first-order valence-corrected chi connectivity index (χ1v) is 24.9. The van der Waals surface area contributed by atoms with E-state index in [4.69, 9.17) is 14.2 Å². The molecule has 350 valence electrons. The average molecular weight is 859 g/mol. The predicted octanol–water partition coefficient (Wildman–Crippen LogP) is 16.4. The third-order valence-corrected chi connectivity index (χ3v) is 10.1. The molecule has 0 radical (unpaired) electrons. The predicted molar refractivity (Wildman–Crippen MR) is 265 cm³/mol. The van der Waals surface area contributed by atoms with Crippen LogP contribution in [-0.4, -0.2) is 37.2 Å². The molecule has 0 fully saturated rings. The van der Waals surface area contributed by atoms with Crippen LogP contribution >= 0.6 is 0 Å². The van der Waals surface area contributed by atoms with Crippen molar-refractivity contribution in [3.63, 3.8) is 0 Å². The molecule has 1 atom stereocenters. The van der Waals surface area contributed by atoms with Gasteiger partial charge in [-0.05, 0) is 103 Å². The van der Waals surface area contributed by atoms with Crippen LogP contribution in [0, 0.1) is 0 Å². The van der Waals surface area contributed by atoms with Gasteiger partial charge >= 0.3 is 17.9 Å². The van der Waals surface area contributed by atoms with E-state index in [2.05, 4.69) is 124 Å². The van der Waals surface area contributed by atoms with Gasteiger partial charge in [0, 0.05) is 19.3 Å².